The van der Waals surface area contributed by atoms with Crippen LogP contribution in [0.5, 0.6) is 0 Å². The predicted octanol–water partition coefficient (Wildman–Crippen LogP) is 3.45. The van der Waals surface area contributed by atoms with Crippen molar-refractivity contribution in [3.05, 3.63) is 40.4 Å². The van der Waals surface area contributed by atoms with Crippen molar-refractivity contribution in [2.75, 3.05) is 12.4 Å². The summed E-state index contributed by atoms with van der Waals surface area (Å²) < 4.78 is 8.81. The van der Waals surface area contributed by atoms with E-state index in [4.69, 9.17) is 4.74 Å². The van der Waals surface area contributed by atoms with Crippen LogP contribution >= 0.6 is 11.5 Å². The third-order valence-electron chi connectivity index (χ3n) is 3.39. The average Bonchev–Trinajstić information content (AvgIpc) is 2.96. The number of methoxy groups -OCH3 is 1. The molecule has 2 aromatic rings. The Morgan fingerprint density at radius 1 is 1.38 bits per heavy atom. The summed E-state index contributed by atoms with van der Waals surface area (Å²) in [4.78, 5) is 12.7. The second kappa shape index (κ2) is 7.28. The number of aromatic nitrogens is 2. The van der Waals surface area contributed by atoms with E-state index in [2.05, 4.69) is 28.8 Å². The van der Waals surface area contributed by atoms with Crippen LogP contribution in [0.3, 0.4) is 0 Å². The molecule has 1 unspecified atom stereocenters. The zero-order valence-electron chi connectivity index (χ0n) is 12.4. The minimum absolute atomic E-state index is 0.201. The fraction of sp³-hybridized carbons (Fsp3) is 0.400. The lowest BCUT2D eigenvalue weighted by molar-refractivity contribution is 0.102. The Balaban J connectivity index is 2.07. The second-order valence-corrected chi connectivity index (χ2v) is 5.62. The minimum Gasteiger partial charge on any atom is -0.378 e. The number of amides is 1. The lowest BCUT2D eigenvalue weighted by Crippen LogP contribution is -2.12. The van der Waals surface area contributed by atoms with E-state index in [1.165, 1.54) is 5.56 Å². The van der Waals surface area contributed by atoms with Gasteiger partial charge in [0.05, 0.1) is 6.61 Å². The first kappa shape index (κ1) is 15.6. The summed E-state index contributed by atoms with van der Waals surface area (Å²) in [5, 5.41) is 6.76. The Labute approximate surface area is 128 Å². The topological polar surface area (TPSA) is 64.1 Å². The number of anilines is 1. The molecule has 6 heteroatoms. The molecule has 1 amide bonds. The van der Waals surface area contributed by atoms with Crippen LogP contribution in [0.25, 0.3) is 0 Å². The molecule has 2 rings (SSSR count). The van der Waals surface area contributed by atoms with Gasteiger partial charge in [0.1, 0.15) is 10.6 Å². The summed E-state index contributed by atoms with van der Waals surface area (Å²) in [6.45, 7) is 4.63. The van der Waals surface area contributed by atoms with E-state index >= 15 is 0 Å². The Morgan fingerprint density at radius 2 is 2.10 bits per heavy atom. The Hall–Kier alpha value is -1.79. The molecule has 5 nitrogen and oxygen atoms in total. The Kier molecular flexibility index (Phi) is 5.41. The molecule has 1 N–H and O–H groups in total. The van der Waals surface area contributed by atoms with Gasteiger partial charge in [-0.05, 0) is 41.6 Å². The molecule has 0 spiro atoms. The van der Waals surface area contributed by atoms with Gasteiger partial charge in [0.15, 0.2) is 0 Å². The van der Waals surface area contributed by atoms with Crippen molar-refractivity contribution in [1.82, 2.24) is 9.59 Å². The smallest absolute Gasteiger partial charge is 0.269 e. The maximum absolute atomic E-state index is 12.2. The number of hydrogen-bond donors (Lipinski definition) is 1. The molecule has 1 heterocycles. The van der Waals surface area contributed by atoms with Gasteiger partial charge in [0.25, 0.3) is 5.91 Å². The number of benzene rings is 1. The van der Waals surface area contributed by atoms with Crippen molar-refractivity contribution in [2.24, 2.45) is 0 Å². The lowest BCUT2D eigenvalue weighted by atomic mass is 9.99. The molecule has 0 saturated heterocycles. The molecule has 0 aliphatic carbocycles. The highest BCUT2D eigenvalue weighted by atomic mass is 32.1. The zero-order chi connectivity index (χ0) is 15.2. The molecule has 0 saturated carbocycles. The summed E-state index contributed by atoms with van der Waals surface area (Å²) >= 11 is 1.08. The molecule has 112 valence electrons. The summed E-state index contributed by atoms with van der Waals surface area (Å²) in [6, 6.07) is 7.93. The first-order valence-electron chi connectivity index (χ1n) is 6.87. The van der Waals surface area contributed by atoms with Crippen molar-refractivity contribution in [2.45, 2.75) is 32.8 Å². The quantitative estimate of drug-likeness (QED) is 0.887. The molecular weight excluding hydrogens is 286 g/mol. The van der Waals surface area contributed by atoms with Crippen LogP contribution in [0.15, 0.2) is 24.3 Å². The standard InChI is InChI=1S/C15H19N3O2S/c1-4-10(2)11-5-7-12(8-6-11)16-15(19)14-13(9-20-3)17-18-21-14/h5-8,10H,4,9H2,1-3H3,(H,16,19). The highest BCUT2D eigenvalue weighted by Crippen LogP contribution is 2.21. The molecule has 0 aliphatic heterocycles. The van der Waals surface area contributed by atoms with Gasteiger partial charge < -0.3 is 10.1 Å². The number of hydrogen-bond acceptors (Lipinski definition) is 5. The normalized spacial score (nSPS) is 12.1. The van der Waals surface area contributed by atoms with Gasteiger partial charge in [-0.3, -0.25) is 4.79 Å². The van der Waals surface area contributed by atoms with Crippen LogP contribution < -0.4 is 5.32 Å². The monoisotopic (exact) mass is 305 g/mol. The highest BCUT2D eigenvalue weighted by molar-refractivity contribution is 7.08. The number of nitrogens with zero attached hydrogens (tertiary/aromatic N) is 2. The first-order chi connectivity index (χ1) is 10.2. The van der Waals surface area contributed by atoms with Crippen molar-refractivity contribution in [3.8, 4) is 0 Å². The van der Waals surface area contributed by atoms with Crippen LogP contribution in [-0.2, 0) is 11.3 Å². The summed E-state index contributed by atoms with van der Waals surface area (Å²) in [5.74, 6) is 0.321. The highest BCUT2D eigenvalue weighted by Gasteiger charge is 2.16. The van der Waals surface area contributed by atoms with E-state index < -0.39 is 0 Å². The molecule has 21 heavy (non-hydrogen) atoms. The third kappa shape index (κ3) is 3.86. The summed E-state index contributed by atoms with van der Waals surface area (Å²) in [5.41, 5.74) is 2.61. The van der Waals surface area contributed by atoms with Crippen LogP contribution in [-0.4, -0.2) is 22.6 Å². The van der Waals surface area contributed by atoms with Crippen molar-refractivity contribution >= 4 is 23.1 Å². The Bertz CT molecular complexity index is 595. The van der Waals surface area contributed by atoms with Gasteiger partial charge in [-0.2, -0.15) is 0 Å². The van der Waals surface area contributed by atoms with E-state index in [1.54, 1.807) is 7.11 Å². The van der Waals surface area contributed by atoms with Crippen LogP contribution in [0.4, 0.5) is 5.69 Å². The molecule has 0 radical (unpaired) electrons. The summed E-state index contributed by atoms with van der Waals surface area (Å²) in [6.07, 6.45) is 1.10. The van der Waals surface area contributed by atoms with Crippen molar-refractivity contribution in [3.63, 3.8) is 0 Å². The maximum Gasteiger partial charge on any atom is 0.269 e. The third-order valence-corrected chi connectivity index (χ3v) is 4.16. The molecule has 1 aromatic carbocycles. The number of carbonyl (C=O) groups excluding carboxylic acids is 1. The molecule has 1 atom stereocenters. The van der Waals surface area contributed by atoms with Crippen molar-refractivity contribution in [1.29, 1.82) is 0 Å². The zero-order valence-corrected chi connectivity index (χ0v) is 13.2. The molecule has 0 fully saturated rings. The largest absolute Gasteiger partial charge is 0.378 e. The fourth-order valence-electron chi connectivity index (χ4n) is 1.93. The van der Waals surface area contributed by atoms with E-state index in [-0.39, 0.29) is 12.5 Å². The van der Waals surface area contributed by atoms with Crippen molar-refractivity contribution < 1.29 is 9.53 Å². The molecule has 0 bridgehead atoms. The predicted molar refractivity (Wildman–Crippen MR) is 83.7 cm³/mol. The number of rotatable bonds is 6. The van der Waals surface area contributed by atoms with E-state index in [0.29, 0.717) is 16.5 Å². The molecular formula is C15H19N3O2S. The van der Waals surface area contributed by atoms with Gasteiger partial charge in [-0.25, -0.2) is 0 Å². The fourth-order valence-corrected chi connectivity index (χ4v) is 2.49. The van der Waals surface area contributed by atoms with Crippen LogP contribution in [0.1, 0.15) is 47.1 Å². The van der Waals surface area contributed by atoms with E-state index in [1.807, 2.05) is 24.3 Å². The van der Waals surface area contributed by atoms with Crippen LogP contribution in [0, 0.1) is 0 Å². The Morgan fingerprint density at radius 3 is 2.71 bits per heavy atom. The second-order valence-electron chi connectivity index (χ2n) is 4.87. The molecule has 1 aromatic heterocycles. The first-order valence-corrected chi connectivity index (χ1v) is 7.64. The number of nitrogens with one attached hydrogen (secondary N) is 1. The van der Waals surface area contributed by atoms with E-state index in [9.17, 15) is 4.79 Å². The van der Waals surface area contributed by atoms with Gasteiger partial charge in [0.2, 0.25) is 0 Å². The summed E-state index contributed by atoms with van der Waals surface area (Å²) in [7, 11) is 1.56. The maximum atomic E-state index is 12.2. The van der Waals surface area contributed by atoms with Gasteiger partial charge in [-0.15, -0.1) is 5.10 Å². The van der Waals surface area contributed by atoms with Gasteiger partial charge in [0, 0.05) is 12.8 Å². The van der Waals surface area contributed by atoms with Gasteiger partial charge >= 0.3 is 0 Å². The molecule has 0 aliphatic rings. The van der Waals surface area contributed by atoms with E-state index in [0.717, 1.165) is 23.6 Å². The number of carbonyl (C=O) groups is 1. The van der Waals surface area contributed by atoms with Crippen LogP contribution in [0.2, 0.25) is 0 Å². The number of ether oxygens (including phenoxy) is 1. The minimum atomic E-state index is -0.201. The SMILES string of the molecule is CCC(C)c1ccc(NC(=O)c2snnc2COC)cc1. The van der Waals surface area contributed by atoms with Gasteiger partial charge in [-0.1, -0.05) is 30.5 Å². The average molecular weight is 305 g/mol. The lowest BCUT2D eigenvalue weighted by Gasteiger charge is -2.10.